The minimum absolute atomic E-state index is 1.08. The van der Waals surface area contributed by atoms with Crippen molar-refractivity contribution >= 4 is 105 Å². The molecule has 58 heavy (non-hydrogen) atoms. The monoisotopic (exact) mass is 756 g/mol. The van der Waals surface area contributed by atoms with Crippen molar-refractivity contribution in [3.8, 4) is 11.1 Å². The molecule has 0 saturated carbocycles. The molecule has 0 bridgehead atoms. The lowest BCUT2D eigenvalue weighted by Crippen LogP contribution is -2.11. The SMILES string of the molecule is C1=CC2=C(CC1)CSc1c2cccc1-c1ccc2c3cccc4c5cccc6c(N(c7ccc8ccccc8c7)c7ccc8ccccc8c7)ccc(c65)n(c2c1)c43. The predicted molar refractivity (Wildman–Crippen MR) is 250 cm³/mol. The molecular formula is C55H36N2S. The third-order valence-electron chi connectivity index (χ3n) is 12.8. The molecule has 0 spiro atoms. The van der Waals surface area contributed by atoms with Gasteiger partial charge in [0, 0.05) is 49.0 Å². The van der Waals surface area contributed by atoms with Gasteiger partial charge in [-0.1, -0.05) is 145 Å². The van der Waals surface area contributed by atoms with Gasteiger partial charge in [-0.3, -0.25) is 0 Å². The zero-order chi connectivity index (χ0) is 37.9. The van der Waals surface area contributed by atoms with Gasteiger partial charge in [-0.15, -0.1) is 11.8 Å². The van der Waals surface area contributed by atoms with Crippen molar-refractivity contribution in [3.05, 3.63) is 193 Å². The average Bonchev–Trinajstić information content (AvgIpc) is 3.62. The summed E-state index contributed by atoms with van der Waals surface area (Å²) in [6.45, 7) is 0. The first-order valence-electron chi connectivity index (χ1n) is 20.3. The highest BCUT2D eigenvalue weighted by molar-refractivity contribution is 7.99. The molecule has 3 heteroatoms. The molecule has 0 amide bonds. The summed E-state index contributed by atoms with van der Waals surface area (Å²) in [5.41, 5.74) is 14.2. The summed E-state index contributed by atoms with van der Waals surface area (Å²) in [7, 11) is 0. The molecule has 1 aliphatic heterocycles. The number of para-hydroxylation sites is 1. The van der Waals surface area contributed by atoms with Crippen LogP contribution in [-0.4, -0.2) is 10.2 Å². The van der Waals surface area contributed by atoms with Gasteiger partial charge in [-0.05, 0) is 105 Å². The van der Waals surface area contributed by atoms with Gasteiger partial charge in [0.25, 0.3) is 0 Å². The van der Waals surface area contributed by atoms with Crippen LogP contribution in [0.15, 0.2) is 192 Å². The summed E-state index contributed by atoms with van der Waals surface area (Å²) < 4.78 is 2.56. The molecule has 2 aliphatic rings. The van der Waals surface area contributed by atoms with E-state index in [0.717, 1.165) is 29.2 Å². The Bertz CT molecular complexity index is 3510. The van der Waals surface area contributed by atoms with Gasteiger partial charge in [0.15, 0.2) is 0 Å². The van der Waals surface area contributed by atoms with Crippen molar-refractivity contribution < 1.29 is 0 Å². The average molecular weight is 757 g/mol. The molecule has 1 aliphatic carbocycles. The number of fused-ring (bicyclic) bond motifs is 9. The number of hydrogen-bond donors (Lipinski definition) is 0. The smallest absolute Gasteiger partial charge is 0.0619 e. The number of pyridine rings is 1. The first-order chi connectivity index (χ1) is 28.8. The number of hydrogen-bond acceptors (Lipinski definition) is 2. The maximum absolute atomic E-state index is 2.56. The van der Waals surface area contributed by atoms with Crippen molar-refractivity contribution in [2.75, 3.05) is 10.7 Å². The third kappa shape index (κ3) is 4.62. The van der Waals surface area contributed by atoms with E-state index < -0.39 is 0 Å². The van der Waals surface area contributed by atoms with Crippen LogP contribution in [-0.2, 0) is 0 Å². The largest absolute Gasteiger partial charge is 0.310 e. The number of thioether (sulfide) groups is 1. The van der Waals surface area contributed by atoms with Crippen LogP contribution in [0.4, 0.5) is 17.1 Å². The normalized spacial score (nSPS) is 14.1. The highest BCUT2D eigenvalue weighted by atomic mass is 32.2. The van der Waals surface area contributed by atoms with Crippen LogP contribution in [0.3, 0.4) is 0 Å². The Morgan fingerprint density at radius 2 is 1.17 bits per heavy atom. The van der Waals surface area contributed by atoms with Gasteiger partial charge in [0.2, 0.25) is 0 Å². The molecule has 11 aromatic rings. The minimum Gasteiger partial charge on any atom is -0.310 e. The zero-order valence-electron chi connectivity index (χ0n) is 31.7. The molecule has 2 aromatic heterocycles. The van der Waals surface area contributed by atoms with Crippen LogP contribution in [0, 0.1) is 0 Å². The van der Waals surface area contributed by atoms with E-state index in [1.807, 2.05) is 11.8 Å². The Balaban J connectivity index is 1.08. The molecule has 0 fully saturated rings. The van der Waals surface area contributed by atoms with Gasteiger partial charge < -0.3 is 9.30 Å². The summed E-state index contributed by atoms with van der Waals surface area (Å²) >= 11 is 2.01. The highest BCUT2D eigenvalue weighted by Crippen LogP contribution is 2.49. The number of aromatic nitrogens is 1. The highest BCUT2D eigenvalue weighted by Gasteiger charge is 2.25. The second-order valence-corrected chi connectivity index (χ2v) is 16.9. The molecule has 0 atom stereocenters. The lowest BCUT2D eigenvalue weighted by Gasteiger charge is -2.28. The summed E-state index contributed by atoms with van der Waals surface area (Å²) in [4.78, 5) is 3.87. The molecule has 272 valence electrons. The van der Waals surface area contributed by atoms with E-state index in [9.17, 15) is 0 Å². The molecule has 0 radical (unpaired) electrons. The Labute approximate surface area is 340 Å². The minimum atomic E-state index is 1.08. The molecular weight excluding hydrogens is 721 g/mol. The van der Waals surface area contributed by atoms with Gasteiger partial charge in [0.05, 0.1) is 22.2 Å². The lowest BCUT2D eigenvalue weighted by molar-refractivity contribution is 0.966. The Morgan fingerprint density at radius 1 is 0.500 bits per heavy atom. The second-order valence-electron chi connectivity index (χ2n) is 15.9. The Kier molecular flexibility index (Phi) is 6.87. The molecule has 9 aromatic carbocycles. The number of allylic oxidation sites excluding steroid dienone is 3. The van der Waals surface area contributed by atoms with E-state index in [2.05, 4.69) is 191 Å². The Hall–Kier alpha value is -6.81. The fourth-order valence-electron chi connectivity index (χ4n) is 10.2. The Morgan fingerprint density at radius 3 is 1.95 bits per heavy atom. The lowest BCUT2D eigenvalue weighted by atomic mass is 9.90. The van der Waals surface area contributed by atoms with E-state index in [-0.39, 0.29) is 0 Å². The van der Waals surface area contributed by atoms with Crippen molar-refractivity contribution in [2.24, 2.45) is 0 Å². The number of anilines is 3. The van der Waals surface area contributed by atoms with Gasteiger partial charge in [-0.2, -0.15) is 0 Å². The number of nitrogens with zero attached hydrogens (tertiary/aromatic N) is 2. The summed E-state index contributed by atoms with van der Waals surface area (Å²) in [5.74, 6) is 1.08. The van der Waals surface area contributed by atoms with Gasteiger partial charge in [0.1, 0.15) is 0 Å². The van der Waals surface area contributed by atoms with Crippen LogP contribution in [0.1, 0.15) is 18.4 Å². The number of rotatable bonds is 4. The topological polar surface area (TPSA) is 7.65 Å². The van der Waals surface area contributed by atoms with Crippen molar-refractivity contribution in [3.63, 3.8) is 0 Å². The van der Waals surface area contributed by atoms with Gasteiger partial charge >= 0.3 is 0 Å². The molecule has 0 N–H and O–H groups in total. The molecule has 0 unspecified atom stereocenters. The molecule has 2 nitrogen and oxygen atoms in total. The van der Waals surface area contributed by atoms with Crippen LogP contribution in [0.2, 0.25) is 0 Å². The van der Waals surface area contributed by atoms with Crippen molar-refractivity contribution in [1.82, 2.24) is 4.40 Å². The first-order valence-corrected chi connectivity index (χ1v) is 21.3. The molecule has 3 heterocycles. The van der Waals surface area contributed by atoms with Crippen molar-refractivity contribution in [2.45, 2.75) is 17.7 Å². The van der Waals surface area contributed by atoms with Crippen molar-refractivity contribution in [1.29, 1.82) is 0 Å². The fourth-order valence-corrected chi connectivity index (χ4v) is 11.5. The zero-order valence-corrected chi connectivity index (χ0v) is 32.6. The van der Waals surface area contributed by atoms with E-state index in [0.29, 0.717) is 0 Å². The van der Waals surface area contributed by atoms with Crippen LogP contribution in [0.5, 0.6) is 0 Å². The number of benzene rings is 9. The first kappa shape index (κ1) is 32.3. The van der Waals surface area contributed by atoms with E-state index in [1.54, 1.807) is 5.57 Å². The standard InChI is InChI=1S/C55H36N2S/c1-3-12-36-30-40(25-22-34(36)10-1)56(41-26-23-35-11-2-4-13-37(35)31-41)50-28-29-51-53-45(17-8-21-49(50)53)47-19-9-18-46-44-27-24-38(32-52(44)57(51)54(46)47)43-16-7-20-48-42-15-6-5-14-39(42)33-58-55(43)48/h1-4,6-13,15-32H,5,14,33H2. The van der Waals surface area contributed by atoms with Crippen LogP contribution < -0.4 is 4.90 Å². The van der Waals surface area contributed by atoms with Crippen LogP contribution >= 0.6 is 11.8 Å². The second kappa shape index (κ2) is 12.3. The third-order valence-corrected chi connectivity index (χ3v) is 14.0. The molecule has 13 rings (SSSR count). The maximum Gasteiger partial charge on any atom is 0.0619 e. The van der Waals surface area contributed by atoms with Gasteiger partial charge in [-0.25, -0.2) is 0 Å². The van der Waals surface area contributed by atoms with E-state index >= 15 is 0 Å². The van der Waals surface area contributed by atoms with E-state index in [4.69, 9.17) is 0 Å². The summed E-state index contributed by atoms with van der Waals surface area (Å²) in [6, 6.07) is 63.6. The van der Waals surface area contributed by atoms with E-state index in [1.165, 1.54) is 104 Å². The summed E-state index contributed by atoms with van der Waals surface area (Å²) in [6.07, 6.45) is 7.04. The molecule has 0 saturated heterocycles. The quantitative estimate of drug-likeness (QED) is 0.130. The maximum atomic E-state index is 2.56. The summed E-state index contributed by atoms with van der Waals surface area (Å²) in [5, 5.41) is 12.6. The van der Waals surface area contributed by atoms with Crippen LogP contribution in [0.25, 0.3) is 87.1 Å². The predicted octanol–water partition coefficient (Wildman–Crippen LogP) is 15.6. The fraction of sp³-hybridized carbons (Fsp3) is 0.0545.